The third kappa shape index (κ3) is 4.88. The maximum atomic E-state index is 12.6. The lowest BCUT2D eigenvalue weighted by atomic mass is 10.0. The average molecular weight is 404 g/mol. The molecule has 4 rings (SSSR count). The highest BCUT2D eigenvalue weighted by Crippen LogP contribution is 2.22. The molecule has 4 aromatic rings. The monoisotopic (exact) mass is 404 g/mol. The SMILES string of the molecule is Cc1ccncc1C(=O)Cc1cnc(-c2cc(C#Cc3cccnc3)ccc2C)cn1. The summed E-state index contributed by atoms with van der Waals surface area (Å²) in [6.07, 6.45) is 10.3. The predicted octanol–water partition coefficient (Wildman–Crippen LogP) is 4.38. The molecule has 31 heavy (non-hydrogen) atoms. The van der Waals surface area contributed by atoms with Crippen LogP contribution in [0.25, 0.3) is 11.3 Å². The Morgan fingerprint density at radius 2 is 1.68 bits per heavy atom. The van der Waals surface area contributed by atoms with Gasteiger partial charge in [-0.25, -0.2) is 0 Å². The molecule has 0 radical (unpaired) electrons. The first-order valence-electron chi connectivity index (χ1n) is 9.88. The maximum absolute atomic E-state index is 12.6. The Hall–Kier alpha value is -4.17. The van der Waals surface area contributed by atoms with Crippen molar-refractivity contribution >= 4 is 5.78 Å². The maximum Gasteiger partial charge on any atom is 0.170 e. The van der Waals surface area contributed by atoms with Crippen LogP contribution in [0.2, 0.25) is 0 Å². The van der Waals surface area contributed by atoms with Gasteiger partial charge in [-0.2, -0.15) is 0 Å². The van der Waals surface area contributed by atoms with Gasteiger partial charge < -0.3 is 0 Å². The Morgan fingerprint density at radius 3 is 2.42 bits per heavy atom. The lowest BCUT2D eigenvalue weighted by molar-refractivity contribution is 0.0991. The van der Waals surface area contributed by atoms with Crippen molar-refractivity contribution in [1.82, 2.24) is 19.9 Å². The normalized spacial score (nSPS) is 10.3. The topological polar surface area (TPSA) is 68.6 Å². The molecule has 0 saturated heterocycles. The van der Waals surface area contributed by atoms with E-state index in [2.05, 4.69) is 31.8 Å². The first-order valence-corrected chi connectivity index (χ1v) is 9.88. The fourth-order valence-electron chi connectivity index (χ4n) is 3.16. The Labute approximate surface area is 181 Å². The van der Waals surface area contributed by atoms with Crippen LogP contribution in [0.5, 0.6) is 0 Å². The molecule has 0 fully saturated rings. The van der Waals surface area contributed by atoms with Crippen LogP contribution in [0.4, 0.5) is 0 Å². The predicted molar refractivity (Wildman–Crippen MR) is 119 cm³/mol. The summed E-state index contributed by atoms with van der Waals surface area (Å²) in [5.41, 5.74) is 6.69. The minimum atomic E-state index is -0.0171. The van der Waals surface area contributed by atoms with E-state index in [1.165, 1.54) is 0 Å². The van der Waals surface area contributed by atoms with Crippen molar-refractivity contribution in [3.63, 3.8) is 0 Å². The highest BCUT2D eigenvalue weighted by atomic mass is 16.1. The molecule has 3 heterocycles. The fourth-order valence-corrected chi connectivity index (χ4v) is 3.16. The second-order valence-corrected chi connectivity index (χ2v) is 7.20. The smallest absolute Gasteiger partial charge is 0.170 e. The van der Waals surface area contributed by atoms with Gasteiger partial charge in [-0.3, -0.25) is 24.7 Å². The highest BCUT2D eigenvalue weighted by Gasteiger charge is 2.12. The van der Waals surface area contributed by atoms with Gasteiger partial charge in [-0.05, 0) is 55.3 Å². The molecule has 0 aliphatic carbocycles. The zero-order valence-electron chi connectivity index (χ0n) is 17.3. The van der Waals surface area contributed by atoms with E-state index in [0.717, 1.165) is 33.5 Å². The minimum Gasteiger partial charge on any atom is -0.294 e. The first kappa shape index (κ1) is 20.1. The van der Waals surface area contributed by atoms with Crippen LogP contribution >= 0.6 is 0 Å². The van der Waals surface area contributed by atoms with Gasteiger partial charge in [0.1, 0.15) is 0 Å². The second-order valence-electron chi connectivity index (χ2n) is 7.20. The Kier molecular flexibility index (Phi) is 5.91. The van der Waals surface area contributed by atoms with E-state index in [4.69, 9.17) is 0 Å². The number of carbonyl (C=O) groups excluding carboxylic acids is 1. The third-order valence-corrected chi connectivity index (χ3v) is 4.91. The number of rotatable bonds is 4. The molecule has 150 valence electrons. The van der Waals surface area contributed by atoms with Crippen molar-refractivity contribution < 1.29 is 4.79 Å². The summed E-state index contributed by atoms with van der Waals surface area (Å²) in [5.74, 6) is 6.27. The van der Waals surface area contributed by atoms with E-state index in [9.17, 15) is 4.79 Å². The average Bonchev–Trinajstić information content (AvgIpc) is 2.80. The molecule has 0 N–H and O–H groups in total. The van der Waals surface area contributed by atoms with Crippen LogP contribution in [-0.2, 0) is 6.42 Å². The molecule has 3 aromatic heterocycles. The summed E-state index contributed by atoms with van der Waals surface area (Å²) in [7, 11) is 0. The largest absolute Gasteiger partial charge is 0.294 e. The van der Waals surface area contributed by atoms with Crippen LogP contribution in [0.15, 0.2) is 73.6 Å². The van der Waals surface area contributed by atoms with Gasteiger partial charge in [0.25, 0.3) is 0 Å². The van der Waals surface area contributed by atoms with E-state index in [0.29, 0.717) is 11.3 Å². The van der Waals surface area contributed by atoms with Gasteiger partial charge in [0, 0.05) is 53.2 Å². The summed E-state index contributed by atoms with van der Waals surface area (Å²) in [6, 6.07) is 11.6. The lowest BCUT2D eigenvalue weighted by Gasteiger charge is -2.07. The van der Waals surface area contributed by atoms with Gasteiger partial charge in [-0.1, -0.05) is 17.9 Å². The standard InChI is InChI=1S/C26H20N4O/c1-18-5-6-20(7-8-21-4-3-10-27-14-21)12-23(18)25-17-29-22(15-30-25)13-26(31)24-16-28-11-9-19(24)2/h3-6,9-12,14-17H,13H2,1-2H3. The van der Waals surface area contributed by atoms with Crippen LogP contribution in [0.3, 0.4) is 0 Å². The zero-order chi connectivity index (χ0) is 21.6. The summed E-state index contributed by atoms with van der Waals surface area (Å²) < 4.78 is 0. The van der Waals surface area contributed by atoms with Crippen LogP contribution < -0.4 is 0 Å². The van der Waals surface area contributed by atoms with Gasteiger partial charge >= 0.3 is 0 Å². The number of ketones is 1. The highest BCUT2D eigenvalue weighted by molar-refractivity contribution is 5.98. The van der Waals surface area contributed by atoms with E-state index >= 15 is 0 Å². The van der Waals surface area contributed by atoms with Crippen LogP contribution in [0.1, 0.15) is 38.3 Å². The molecular formula is C26H20N4O. The molecular weight excluding hydrogens is 384 g/mol. The molecule has 0 unspecified atom stereocenters. The Morgan fingerprint density at radius 1 is 0.839 bits per heavy atom. The fraction of sp³-hybridized carbons (Fsp3) is 0.115. The number of benzene rings is 1. The summed E-state index contributed by atoms with van der Waals surface area (Å²) >= 11 is 0. The Bertz CT molecular complexity index is 1290. The molecule has 0 bridgehead atoms. The zero-order valence-corrected chi connectivity index (χ0v) is 17.3. The number of hydrogen-bond donors (Lipinski definition) is 0. The number of Topliss-reactive ketones (excluding diaryl/α,β-unsaturated/α-hetero) is 1. The Balaban J connectivity index is 1.54. The summed E-state index contributed by atoms with van der Waals surface area (Å²) in [6.45, 7) is 3.93. The van der Waals surface area contributed by atoms with Crippen molar-refractivity contribution in [3.05, 3.63) is 107 Å². The molecule has 0 spiro atoms. The van der Waals surface area contributed by atoms with Crippen molar-refractivity contribution in [3.8, 4) is 23.1 Å². The summed E-state index contributed by atoms with van der Waals surface area (Å²) in [4.78, 5) is 29.7. The van der Waals surface area contributed by atoms with Crippen molar-refractivity contribution in [1.29, 1.82) is 0 Å². The molecule has 0 amide bonds. The summed E-state index contributed by atoms with van der Waals surface area (Å²) in [5, 5.41) is 0. The van der Waals surface area contributed by atoms with Gasteiger partial charge in [0.15, 0.2) is 5.78 Å². The van der Waals surface area contributed by atoms with Crippen LogP contribution in [0, 0.1) is 25.7 Å². The number of carbonyl (C=O) groups is 1. The van der Waals surface area contributed by atoms with Crippen LogP contribution in [-0.4, -0.2) is 25.7 Å². The molecule has 0 aliphatic rings. The molecule has 0 aliphatic heterocycles. The number of aromatic nitrogens is 4. The van der Waals surface area contributed by atoms with Crippen molar-refractivity contribution in [2.75, 3.05) is 0 Å². The van der Waals surface area contributed by atoms with Gasteiger partial charge in [0.05, 0.1) is 24.0 Å². The molecule has 0 saturated carbocycles. The van der Waals surface area contributed by atoms with Gasteiger partial charge in [-0.15, -0.1) is 0 Å². The number of pyridine rings is 2. The quantitative estimate of drug-likeness (QED) is 0.373. The molecule has 5 heteroatoms. The first-order chi connectivity index (χ1) is 15.1. The van der Waals surface area contributed by atoms with E-state index in [1.54, 1.807) is 37.2 Å². The number of aryl methyl sites for hydroxylation is 2. The lowest BCUT2D eigenvalue weighted by Crippen LogP contribution is -2.08. The number of nitrogens with zero attached hydrogens (tertiary/aromatic N) is 4. The van der Waals surface area contributed by atoms with E-state index in [1.807, 2.05) is 50.2 Å². The molecule has 5 nitrogen and oxygen atoms in total. The number of hydrogen-bond acceptors (Lipinski definition) is 5. The second kappa shape index (κ2) is 9.10. The van der Waals surface area contributed by atoms with Gasteiger partial charge in [0.2, 0.25) is 0 Å². The third-order valence-electron chi connectivity index (χ3n) is 4.91. The minimum absolute atomic E-state index is 0.0171. The van der Waals surface area contributed by atoms with Crippen molar-refractivity contribution in [2.24, 2.45) is 0 Å². The van der Waals surface area contributed by atoms with E-state index in [-0.39, 0.29) is 12.2 Å². The molecule has 1 aromatic carbocycles. The molecule has 0 atom stereocenters. The van der Waals surface area contributed by atoms with E-state index < -0.39 is 0 Å². The van der Waals surface area contributed by atoms with Crippen molar-refractivity contribution in [2.45, 2.75) is 20.3 Å².